The quantitative estimate of drug-likeness (QED) is 0.849. The monoisotopic (exact) mass is 292 g/mol. The highest BCUT2D eigenvalue weighted by molar-refractivity contribution is 7.14. The lowest BCUT2D eigenvalue weighted by Crippen LogP contribution is -2.31. The van der Waals surface area contributed by atoms with E-state index in [9.17, 15) is 4.79 Å². The van der Waals surface area contributed by atoms with Gasteiger partial charge in [0.05, 0.1) is 12.8 Å². The van der Waals surface area contributed by atoms with Gasteiger partial charge >= 0.3 is 0 Å². The van der Waals surface area contributed by atoms with Crippen LogP contribution in [0.15, 0.2) is 29.6 Å². The van der Waals surface area contributed by atoms with Crippen molar-refractivity contribution in [1.29, 1.82) is 0 Å². The van der Waals surface area contributed by atoms with Gasteiger partial charge in [-0.15, -0.1) is 11.3 Å². The molecule has 0 fully saturated rings. The predicted molar refractivity (Wildman–Crippen MR) is 78.8 cm³/mol. The standard InChI is InChI=1S/C14H16N2O3S/c1-10-9-20-14(15-10)16(2)13(17)8-19-12-7-5-4-6-11(12)18-3/h4-7,9H,8H2,1-3H3. The Morgan fingerprint density at radius 3 is 2.65 bits per heavy atom. The van der Waals surface area contributed by atoms with Gasteiger partial charge in [0.15, 0.2) is 23.2 Å². The summed E-state index contributed by atoms with van der Waals surface area (Å²) < 4.78 is 10.7. The SMILES string of the molecule is COc1ccccc1OCC(=O)N(C)c1nc(C)cs1. The van der Waals surface area contributed by atoms with E-state index in [0.29, 0.717) is 16.6 Å². The normalized spacial score (nSPS) is 10.2. The highest BCUT2D eigenvalue weighted by atomic mass is 32.1. The molecule has 0 spiro atoms. The Morgan fingerprint density at radius 2 is 2.05 bits per heavy atom. The number of carbonyl (C=O) groups excluding carboxylic acids is 1. The van der Waals surface area contributed by atoms with Crippen LogP contribution < -0.4 is 14.4 Å². The van der Waals surface area contributed by atoms with E-state index in [-0.39, 0.29) is 12.5 Å². The van der Waals surface area contributed by atoms with Crippen LogP contribution in [-0.2, 0) is 4.79 Å². The number of methoxy groups -OCH3 is 1. The molecule has 0 aliphatic carbocycles. The predicted octanol–water partition coefficient (Wildman–Crippen LogP) is 2.50. The molecule has 1 aromatic carbocycles. The molecule has 0 saturated heterocycles. The molecule has 1 heterocycles. The maximum atomic E-state index is 12.1. The van der Waals surface area contributed by atoms with Crippen molar-refractivity contribution >= 4 is 22.4 Å². The van der Waals surface area contributed by atoms with Gasteiger partial charge in [-0.1, -0.05) is 12.1 Å². The summed E-state index contributed by atoms with van der Waals surface area (Å²) in [5, 5.41) is 2.57. The van der Waals surface area contributed by atoms with E-state index in [0.717, 1.165) is 5.69 Å². The lowest BCUT2D eigenvalue weighted by atomic mass is 10.3. The molecule has 2 rings (SSSR count). The topological polar surface area (TPSA) is 51.7 Å². The molecule has 1 aromatic heterocycles. The smallest absolute Gasteiger partial charge is 0.266 e. The number of thiazole rings is 1. The molecule has 5 nitrogen and oxygen atoms in total. The summed E-state index contributed by atoms with van der Waals surface area (Å²) in [6.45, 7) is 1.83. The molecular formula is C14H16N2O3S. The fourth-order valence-electron chi connectivity index (χ4n) is 1.58. The maximum absolute atomic E-state index is 12.1. The number of ether oxygens (including phenoxy) is 2. The van der Waals surface area contributed by atoms with Gasteiger partial charge in [0.1, 0.15) is 0 Å². The zero-order chi connectivity index (χ0) is 14.5. The number of para-hydroxylation sites is 2. The Bertz CT molecular complexity index is 598. The first-order chi connectivity index (χ1) is 9.61. The van der Waals surface area contributed by atoms with Crippen molar-refractivity contribution in [2.24, 2.45) is 0 Å². The molecule has 106 valence electrons. The van der Waals surface area contributed by atoms with Crippen LogP contribution in [0.1, 0.15) is 5.69 Å². The number of nitrogens with zero attached hydrogens (tertiary/aromatic N) is 2. The van der Waals surface area contributed by atoms with Crippen LogP contribution in [0.25, 0.3) is 0 Å². The summed E-state index contributed by atoms with van der Waals surface area (Å²) in [5.74, 6) is 0.991. The molecule has 2 aromatic rings. The summed E-state index contributed by atoms with van der Waals surface area (Å²) in [4.78, 5) is 17.8. The number of hydrogen-bond donors (Lipinski definition) is 0. The second-order valence-corrected chi connectivity index (χ2v) is 5.00. The van der Waals surface area contributed by atoms with Crippen molar-refractivity contribution in [2.45, 2.75) is 6.92 Å². The van der Waals surface area contributed by atoms with Gasteiger partial charge in [-0.05, 0) is 19.1 Å². The Kier molecular flexibility index (Phi) is 4.57. The van der Waals surface area contributed by atoms with Crippen LogP contribution >= 0.6 is 11.3 Å². The summed E-state index contributed by atoms with van der Waals surface area (Å²) in [6, 6.07) is 7.22. The highest BCUT2D eigenvalue weighted by Crippen LogP contribution is 2.26. The Balaban J connectivity index is 1.98. The molecule has 0 N–H and O–H groups in total. The van der Waals surface area contributed by atoms with Crippen LogP contribution in [0.5, 0.6) is 11.5 Å². The number of aryl methyl sites for hydroxylation is 1. The van der Waals surface area contributed by atoms with E-state index in [4.69, 9.17) is 9.47 Å². The van der Waals surface area contributed by atoms with E-state index in [2.05, 4.69) is 4.98 Å². The van der Waals surface area contributed by atoms with Crippen LogP contribution in [-0.4, -0.2) is 31.7 Å². The zero-order valence-corrected chi connectivity index (χ0v) is 12.4. The number of likely N-dealkylation sites (N-methyl/N-ethyl adjacent to an activating group) is 1. The Morgan fingerprint density at radius 1 is 1.35 bits per heavy atom. The number of carbonyl (C=O) groups is 1. The van der Waals surface area contributed by atoms with Gasteiger partial charge in [-0.3, -0.25) is 9.69 Å². The third-order valence-corrected chi connectivity index (χ3v) is 3.72. The molecule has 20 heavy (non-hydrogen) atoms. The molecule has 0 aliphatic heterocycles. The largest absolute Gasteiger partial charge is 0.493 e. The van der Waals surface area contributed by atoms with Crippen molar-refractivity contribution in [1.82, 2.24) is 4.98 Å². The van der Waals surface area contributed by atoms with Gasteiger partial charge in [0.2, 0.25) is 0 Å². The summed E-state index contributed by atoms with van der Waals surface area (Å²) >= 11 is 1.43. The first kappa shape index (κ1) is 14.3. The minimum atomic E-state index is -0.162. The Labute approximate surface area is 121 Å². The summed E-state index contributed by atoms with van der Waals surface area (Å²) in [5.41, 5.74) is 0.898. The van der Waals surface area contributed by atoms with Crippen molar-refractivity contribution in [3.63, 3.8) is 0 Å². The fraction of sp³-hybridized carbons (Fsp3) is 0.286. The second-order valence-electron chi connectivity index (χ2n) is 4.16. The number of amides is 1. The van der Waals surface area contributed by atoms with Crippen molar-refractivity contribution < 1.29 is 14.3 Å². The van der Waals surface area contributed by atoms with Crippen molar-refractivity contribution in [3.05, 3.63) is 35.3 Å². The Hall–Kier alpha value is -2.08. The third kappa shape index (κ3) is 3.27. The highest BCUT2D eigenvalue weighted by Gasteiger charge is 2.15. The summed E-state index contributed by atoms with van der Waals surface area (Å²) in [7, 11) is 3.25. The van der Waals surface area contributed by atoms with Crippen LogP contribution in [0, 0.1) is 6.92 Å². The third-order valence-electron chi connectivity index (χ3n) is 2.69. The lowest BCUT2D eigenvalue weighted by molar-refractivity contribution is -0.120. The first-order valence-corrected chi connectivity index (χ1v) is 6.94. The number of hydrogen-bond acceptors (Lipinski definition) is 5. The first-order valence-electron chi connectivity index (χ1n) is 6.06. The summed E-state index contributed by atoms with van der Waals surface area (Å²) in [6.07, 6.45) is 0. The minimum Gasteiger partial charge on any atom is -0.493 e. The van der Waals surface area contributed by atoms with Crippen molar-refractivity contribution in [3.8, 4) is 11.5 Å². The minimum absolute atomic E-state index is 0.0600. The van der Waals surface area contributed by atoms with Gasteiger partial charge in [0.25, 0.3) is 5.91 Å². The number of aromatic nitrogens is 1. The molecule has 6 heteroatoms. The number of anilines is 1. The number of benzene rings is 1. The molecule has 0 aliphatic rings. The van der Waals surface area contributed by atoms with E-state index >= 15 is 0 Å². The maximum Gasteiger partial charge on any atom is 0.266 e. The van der Waals surface area contributed by atoms with Crippen LogP contribution in [0.4, 0.5) is 5.13 Å². The molecule has 0 radical (unpaired) electrons. The zero-order valence-electron chi connectivity index (χ0n) is 11.6. The van der Waals surface area contributed by atoms with E-state index in [1.165, 1.54) is 16.2 Å². The molecule has 0 atom stereocenters. The van der Waals surface area contributed by atoms with Crippen LogP contribution in [0.2, 0.25) is 0 Å². The van der Waals surface area contributed by atoms with E-state index in [1.807, 2.05) is 24.4 Å². The van der Waals surface area contributed by atoms with E-state index in [1.54, 1.807) is 26.3 Å². The molecular weight excluding hydrogens is 276 g/mol. The average Bonchev–Trinajstić information content (AvgIpc) is 2.90. The number of rotatable bonds is 5. The molecule has 0 bridgehead atoms. The second kappa shape index (κ2) is 6.38. The van der Waals surface area contributed by atoms with Gasteiger partial charge in [-0.2, -0.15) is 0 Å². The molecule has 0 saturated carbocycles. The van der Waals surface area contributed by atoms with Crippen LogP contribution in [0.3, 0.4) is 0 Å². The van der Waals surface area contributed by atoms with Crippen molar-refractivity contribution in [2.75, 3.05) is 25.7 Å². The van der Waals surface area contributed by atoms with E-state index < -0.39 is 0 Å². The fourth-order valence-corrected chi connectivity index (χ4v) is 2.36. The average molecular weight is 292 g/mol. The lowest BCUT2D eigenvalue weighted by Gasteiger charge is -2.15. The van der Waals surface area contributed by atoms with Gasteiger partial charge in [0, 0.05) is 12.4 Å². The van der Waals surface area contributed by atoms with Gasteiger partial charge < -0.3 is 9.47 Å². The molecule has 1 amide bonds. The molecule has 0 unspecified atom stereocenters. The van der Waals surface area contributed by atoms with Gasteiger partial charge in [-0.25, -0.2) is 4.98 Å².